The quantitative estimate of drug-likeness (QED) is 0.346. The SMILES string of the molecule is O=C1C(=O)S([O-])=S([O-])c2cc3cc4cc5ccccc5cc4cc3cc21. The average molecular weight is 378 g/mol. The Morgan fingerprint density at radius 3 is 1.73 bits per heavy atom. The van der Waals surface area contributed by atoms with Gasteiger partial charge in [0.25, 0.3) is 0 Å². The van der Waals surface area contributed by atoms with Gasteiger partial charge in [0.2, 0.25) is 10.9 Å². The van der Waals surface area contributed by atoms with Gasteiger partial charge in [-0.15, -0.1) is 0 Å². The lowest BCUT2D eigenvalue weighted by Crippen LogP contribution is -2.28. The Bertz CT molecular complexity index is 1340. The lowest BCUT2D eigenvalue weighted by Gasteiger charge is -2.31. The van der Waals surface area contributed by atoms with Crippen LogP contribution in [0.4, 0.5) is 0 Å². The van der Waals surface area contributed by atoms with Crippen LogP contribution in [0.1, 0.15) is 10.4 Å². The maximum atomic E-state index is 12.3. The van der Waals surface area contributed by atoms with Crippen LogP contribution in [0.25, 0.3) is 32.3 Å². The summed E-state index contributed by atoms with van der Waals surface area (Å²) in [6.07, 6.45) is 0. The van der Waals surface area contributed by atoms with E-state index in [0.29, 0.717) is 0 Å². The topological polar surface area (TPSA) is 80.3 Å². The molecule has 0 radical (unpaired) electrons. The summed E-state index contributed by atoms with van der Waals surface area (Å²) in [5, 5.41) is 4.72. The Labute approximate surface area is 152 Å². The zero-order chi connectivity index (χ0) is 18.0. The summed E-state index contributed by atoms with van der Waals surface area (Å²) < 4.78 is 24.1. The Morgan fingerprint density at radius 2 is 1.12 bits per heavy atom. The molecule has 26 heavy (non-hydrogen) atoms. The first-order valence-corrected chi connectivity index (χ1v) is 10.7. The van der Waals surface area contributed by atoms with E-state index in [9.17, 15) is 18.7 Å². The van der Waals surface area contributed by atoms with Gasteiger partial charge >= 0.3 is 0 Å². The van der Waals surface area contributed by atoms with Crippen molar-refractivity contribution in [3.05, 3.63) is 66.2 Å². The van der Waals surface area contributed by atoms with E-state index in [2.05, 4.69) is 12.1 Å². The fourth-order valence-electron chi connectivity index (χ4n) is 3.37. The molecular formula is C20H10O4S2-2. The van der Waals surface area contributed by atoms with Gasteiger partial charge in [-0.25, -0.2) is 9.74 Å². The van der Waals surface area contributed by atoms with Crippen molar-refractivity contribution >= 4 is 62.7 Å². The molecule has 1 aliphatic rings. The molecule has 2 unspecified atom stereocenters. The van der Waals surface area contributed by atoms with Crippen LogP contribution < -0.4 is 0 Å². The van der Waals surface area contributed by atoms with Crippen molar-refractivity contribution in [2.24, 2.45) is 0 Å². The highest BCUT2D eigenvalue weighted by atomic mass is 32.9. The van der Waals surface area contributed by atoms with Crippen LogP contribution in [0.15, 0.2) is 65.6 Å². The van der Waals surface area contributed by atoms with Gasteiger partial charge in [0, 0.05) is 10.5 Å². The second kappa shape index (κ2) is 5.56. The van der Waals surface area contributed by atoms with Crippen molar-refractivity contribution < 1.29 is 18.7 Å². The van der Waals surface area contributed by atoms with Crippen LogP contribution in [0, 0.1) is 0 Å². The molecule has 0 bridgehead atoms. The van der Waals surface area contributed by atoms with Crippen LogP contribution in [-0.2, 0) is 24.3 Å². The van der Waals surface area contributed by atoms with E-state index < -0.39 is 30.4 Å². The maximum absolute atomic E-state index is 12.3. The highest BCUT2D eigenvalue weighted by Crippen LogP contribution is 2.32. The van der Waals surface area contributed by atoms with Gasteiger partial charge in [-0.1, -0.05) is 24.3 Å². The molecule has 4 nitrogen and oxygen atoms in total. The molecule has 0 N–H and O–H groups in total. The van der Waals surface area contributed by atoms with E-state index in [1.807, 2.05) is 36.4 Å². The van der Waals surface area contributed by atoms with Crippen molar-refractivity contribution in [2.75, 3.05) is 0 Å². The fourth-order valence-corrected chi connectivity index (χ4v) is 6.03. The molecule has 0 aromatic heterocycles. The van der Waals surface area contributed by atoms with Crippen molar-refractivity contribution in [3.63, 3.8) is 0 Å². The number of carbonyl (C=O) groups is 2. The number of benzene rings is 4. The lowest BCUT2D eigenvalue weighted by atomic mass is 9.98. The molecular weight excluding hydrogens is 368 g/mol. The Morgan fingerprint density at radius 1 is 0.615 bits per heavy atom. The molecule has 4 aromatic carbocycles. The second-order valence-electron chi connectivity index (χ2n) is 6.18. The normalized spacial score (nSPS) is 20.1. The summed E-state index contributed by atoms with van der Waals surface area (Å²) in [7, 11) is -4.35. The van der Waals surface area contributed by atoms with Gasteiger partial charge in [0.05, 0.1) is 0 Å². The molecule has 0 aliphatic carbocycles. The van der Waals surface area contributed by atoms with Crippen molar-refractivity contribution in [1.29, 1.82) is 0 Å². The third-order valence-electron chi connectivity index (χ3n) is 4.66. The zero-order valence-corrected chi connectivity index (χ0v) is 14.9. The van der Waals surface area contributed by atoms with Crippen molar-refractivity contribution in [2.45, 2.75) is 4.90 Å². The molecule has 0 fully saturated rings. The van der Waals surface area contributed by atoms with E-state index in [1.54, 1.807) is 12.1 Å². The third-order valence-corrected chi connectivity index (χ3v) is 7.93. The summed E-state index contributed by atoms with van der Waals surface area (Å²) in [5.41, 5.74) is 0.0839. The smallest absolute Gasteiger partial charge is 0.245 e. The summed E-state index contributed by atoms with van der Waals surface area (Å²) in [4.78, 5) is 24.1. The first-order valence-electron chi connectivity index (χ1n) is 7.86. The van der Waals surface area contributed by atoms with E-state index in [4.69, 9.17) is 0 Å². The highest BCUT2D eigenvalue weighted by Gasteiger charge is 2.24. The van der Waals surface area contributed by atoms with Gasteiger partial charge in [-0.05, 0) is 68.7 Å². The highest BCUT2D eigenvalue weighted by molar-refractivity contribution is 8.46. The minimum Gasteiger partial charge on any atom is -0.795 e. The van der Waals surface area contributed by atoms with Gasteiger partial charge in [0.1, 0.15) is 0 Å². The van der Waals surface area contributed by atoms with Crippen molar-refractivity contribution in [1.82, 2.24) is 0 Å². The molecule has 0 amide bonds. The molecule has 0 saturated heterocycles. The summed E-state index contributed by atoms with van der Waals surface area (Å²) in [6, 6.07) is 19.3. The standard InChI is InChI=1S/C20H10O4S2/c21-19-17-9-15-7-13-5-11-3-1-2-4-12(11)6-14(13)8-16(15)10-18(17)25(23)26(24)20(19)22/h1-10H/q-2. The summed E-state index contributed by atoms with van der Waals surface area (Å²) in [5.74, 6) is -0.835. The Kier molecular flexibility index (Phi) is 3.39. The minimum absolute atomic E-state index is 0.0839. The van der Waals surface area contributed by atoms with Crippen LogP contribution in [0.5, 0.6) is 0 Å². The Hall–Kier alpha value is -2.38. The molecule has 2 atom stereocenters. The fraction of sp³-hybridized carbons (Fsp3) is 0. The van der Waals surface area contributed by atoms with Gasteiger partial charge in [-0.3, -0.25) is 9.59 Å². The number of fused-ring (bicyclic) bond motifs is 4. The minimum atomic E-state index is -2.33. The van der Waals surface area contributed by atoms with Crippen LogP contribution in [0.3, 0.4) is 0 Å². The third kappa shape index (κ3) is 2.20. The number of ketones is 1. The summed E-state index contributed by atoms with van der Waals surface area (Å²) in [6.45, 7) is 0. The van der Waals surface area contributed by atoms with E-state index >= 15 is 0 Å². The van der Waals surface area contributed by atoms with Gasteiger partial charge < -0.3 is 9.11 Å². The maximum Gasteiger partial charge on any atom is 0.245 e. The first-order chi connectivity index (χ1) is 12.5. The van der Waals surface area contributed by atoms with E-state index in [1.165, 1.54) is 0 Å². The van der Waals surface area contributed by atoms with Crippen molar-refractivity contribution in [3.8, 4) is 0 Å². The zero-order valence-electron chi connectivity index (χ0n) is 13.2. The molecule has 0 saturated carbocycles. The predicted octanol–water partition coefficient (Wildman–Crippen LogP) is 3.64. The number of rotatable bonds is 0. The molecule has 128 valence electrons. The molecule has 1 aliphatic heterocycles. The molecule has 1 heterocycles. The van der Waals surface area contributed by atoms with Gasteiger partial charge in [0.15, 0.2) is 0 Å². The Balaban J connectivity index is 1.87. The van der Waals surface area contributed by atoms with Crippen LogP contribution in [0.2, 0.25) is 0 Å². The van der Waals surface area contributed by atoms with E-state index in [-0.39, 0.29) is 10.5 Å². The largest absolute Gasteiger partial charge is 0.795 e. The number of Topliss-reactive ketones (excluding diaryl/α,β-unsaturated/α-hetero) is 1. The molecule has 4 aromatic rings. The van der Waals surface area contributed by atoms with Crippen LogP contribution in [-0.4, -0.2) is 20.0 Å². The predicted molar refractivity (Wildman–Crippen MR) is 103 cm³/mol. The second-order valence-corrected chi connectivity index (χ2v) is 9.75. The average Bonchev–Trinajstić information content (AvgIpc) is 2.66. The number of hydrogen-bond acceptors (Lipinski definition) is 4. The first kappa shape index (κ1) is 15.8. The number of carbonyl (C=O) groups excluding carboxylic acids is 2. The molecule has 0 spiro atoms. The van der Waals surface area contributed by atoms with E-state index in [0.717, 1.165) is 32.3 Å². The lowest BCUT2D eigenvalue weighted by molar-refractivity contribution is -0.108. The molecule has 5 rings (SSSR count). The monoisotopic (exact) mass is 378 g/mol. The number of hydrogen-bond donors (Lipinski definition) is 0. The molecule has 6 heteroatoms. The summed E-state index contributed by atoms with van der Waals surface area (Å²) >= 11 is 0. The van der Waals surface area contributed by atoms with Crippen LogP contribution >= 0.6 is 0 Å². The van der Waals surface area contributed by atoms with Gasteiger partial charge in [-0.2, -0.15) is 9.74 Å².